The largest absolute Gasteiger partial charge is 0.497 e. The fourth-order valence-electron chi connectivity index (χ4n) is 2.09. The van der Waals surface area contributed by atoms with Gasteiger partial charge in [0.1, 0.15) is 11.5 Å². The third-order valence-corrected chi connectivity index (χ3v) is 3.39. The van der Waals surface area contributed by atoms with Gasteiger partial charge in [0.05, 0.1) is 13.4 Å². The fraction of sp³-hybridized carbons (Fsp3) is 0.353. The van der Waals surface area contributed by atoms with Crippen LogP contribution in [0.15, 0.2) is 47.1 Å². The van der Waals surface area contributed by atoms with E-state index < -0.39 is 0 Å². The molecular weight excluding hydrogens is 280 g/mol. The second kappa shape index (κ2) is 8.12. The Labute approximate surface area is 130 Å². The van der Waals surface area contributed by atoms with Gasteiger partial charge in [-0.15, -0.1) is 0 Å². The minimum absolute atomic E-state index is 0.0842. The number of rotatable bonds is 7. The van der Waals surface area contributed by atoms with Crippen LogP contribution in [0.25, 0.3) is 0 Å². The van der Waals surface area contributed by atoms with E-state index in [4.69, 9.17) is 9.15 Å². The zero-order valence-corrected chi connectivity index (χ0v) is 13.0. The molecule has 0 spiro atoms. The van der Waals surface area contributed by atoms with Crippen LogP contribution >= 0.6 is 0 Å². The minimum Gasteiger partial charge on any atom is -0.497 e. The highest BCUT2D eigenvalue weighted by Crippen LogP contribution is 2.11. The molecule has 0 unspecified atom stereocenters. The molecule has 0 bridgehead atoms. The summed E-state index contributed by atoms with van der Waals surface area (Å²) in [6.07, 6.45) is 3.31. The first-order chi connectivity index (χ1) is 10.7. The summed E-state index contributed by atoms with van der Waals surface area (Å²) in [4.78, 5) is 11.8. The molecule has 2 aromatic rings. The van der Waals surface area contributed by atoms with Crippen molar-refractivity contribution in [2.45, 2.75) is 32.4 Å². The average molecular weight is 302 g/mol. The molecule has 1 aromatic heterocycles. The van der Waals surface area contributed by atoms with E-state index in [1.807, 2.05) is 43.3 Å². The molecule has 0 saturated carbocycles. The lowest BCUT2D eigenvalue weighted by atomic mass is 10.1. The molecular formula is C17H22N2O3. The van der Waals surface area contributed by atoms with E-state index in [0.29, 0.717) is 6.54 Å². The molecule has 0 aliphatic heterocycles. The first-order valence-electron chi connectivity index (χ1n) is 7.37. The SMILES string of the molecule is COc1ccc(CNC(=O)N[C@H](C)CCc2ccco2)cc1. The van der Waals surface area contributed by atoms with Gasteiger partial charge in [-0.1, -0.05) is 12.1 Å². The quantitative estimate of drug-likeness (QED) is 0.826. The van der Waals surface area contributed by atoms with Gasteiger partial charge in [0.25, 0.3) is 0 Å². The Morgan fingerprint density at radius 2 is 2.05 bits per heavy atom. The molecule has 1 atom stereocenters. The van der Waals surface area contributed by atoms with E-state index in [1.165, 1.54) is 0 Å². The van der Waals surface area contributed by atoms with Crippen molar-refractivity contribution in [3.05, 3.63) is 54.0 Å². The Hall–Kier alpha value is -2.43. The molecule has 0 aliphatic carbocycles. The number of methoxy groups -OCH3 is 1. The van der Waals surface area contributed by atoms with Crippen molar-refractivity contribution in [3.63, 3.8) is 0 Å². The predicted molar refractivity (Wildman–Crippen MR) is 84.9 cm³/mol. The number of ether oxygens (including phenoxy) is 1. The third-order valence-electron chi connectivity index (χ3n) is 3.39. The van der Waals surface area contributed by atoms with Crippen LogP contribution in [0.3, 0.4) is 0 Å². The minimum atomic E-state index is -0.164. The van der Waals surface area contributed by atoms with Gasteiger partial charge in [0, 0.05) is 19.0 Å². The van der Waals surface area contributed by atoms with Crippen LogP contribution in [0.2, 0.25) is 0 Å². The number of urea groups is 1. The number of hydrogen-bond acceptors (Lipinski definition) is 3. The third kappa shape index (κ3) is 5.16. The fourth-order valence-corrected chi connectivity index (χ4v) is 2.09. The average Bonchev–Trinajstić information content (AvgIpc) is 3.05. The van der Waals surface area contributed by atoms with Gasteiger partial charge in [-0.25, -0.2) is 4.79 Å². The maximum Gasteiger partial charge on any atom is 0.315 e. The van der Waals surface area contributed by atoms with Crippen molar-refractivity contribution in [3.8, 4) is 5.75 Å². The molecule has 0 saturated heterocycles. The molecule has 0 radical (unpaired) electrons. The van der Waals surface area contributed by atoms with Crippen LogP contribution in [0.4, 0.5) is 4.79 Å². The number of amides is 2. The Morgan fingerprint density at radius 1 is 1.27 bits per heavy atom. The number of hydrogen-bond donors (Lipinski definition) is 2. The van der Waals surface area contributed by atoms with E-state index in [0.717, 1.165) is 29.9 Å². The van der Waals surface area contributed by atoms with Gasteiger partial charge in [0.15, 0.2) is 0 Å². The lowest BCUT2D eigenvalue weighted by molar-refractivity contribution is 0.236. The number of carbonyl (C=O) groups is 1. The van der Waals surface area contributed by atoms with Crippen molar-refractivity contribution >= 4 is 6.03 Å². The molecule has 118 valence electrons. The lowest BCUT2D eigenvalue weighted by Crippen LogP contribution is -2.40. The van der Waals surface area contributed by atoms with Crippen molar-refractivity contribution in [1.29, 1.82) is 0 Å². The van der Waals surface area contributed by atoms with Crippen LogP contribution in [0.1, 0.15) is 24.7 Å². The first-order valence-corrected chi connectivity index (χ1v) is 7.37. The van der Waals surface area contributed by atoms with E-state index in [9.17, 15) is 4.79 Å². The Bertz CT molecular complexity index is 564. The second-order valence-electron chi connectivity index (χ2n) is 5.19. The Balaban J connectivity index is 1.68. The highest BCUT2D eigenvalue weighted by molar-refractivity contribution is 5.74. The molecule has 1 aromatic carbocycles. The highest BCUT2D eigenvalue weighted by Gasteiger charge is 2.08. The van der Waals surface area contributed by atoms with Crippen molar-refractivity contribution in [2.75, 3.05) is 7.11 Å². The molecule has 5 nitrogen and oxygen atoms in total. The lowest BCUT2D eigenvalue weighted by Gasteiger charge is -2.14. The Morgan fingerprint density at radius 3 is 2.68 bits per heavy atom. The second-order valence-corrected chi connectivity index (χ2v) is 5.19. The Kier molecular flexibility index (Phi) is 5.89. The van der Waals surface area contributed by atoms with Crippen molar-refractivity contribution < 1.29 is 13.9 Å². The summed E-state index contributed by atoms with van der Waals surface area (Å²) >= 11 is 0. The number of aryl methyl sites for hydroxylation is 1. The molecule has 1 heterocycles. The molecule has 22 heavy (non-hydrogen) atoms. The molecule has 2 N–H and O–H groups in total. The van der Waals surface area contributed by atoms with Gasteiger partial charge >= 0.3 is 6.03 Å². The summed E-state index contributed by atoms with van der Waals surface area (Å²) in [6.45, 7) is 2.47. The van der Waals surface area contributed by atoms with Crippen LogP contribution in [-0.2, 0) is 13.0 Å². The van der Waals surface area contributed by atoms with E-state index >= 15 is 0 Å². The maximum absolute atomic E-state index is 11.8. The van der Waals surface area contributed by atoms with E-state index in [2.05, 4.69) is 10.6 Å². The topological polar surface area (TPSA) is 63.5 Å². The summed E-state index contributed by atoms with van der Waals surface area (Å²) in [5, 5.41) is 5.76. The van der Waals surface area contributed by atoms with Gasteiger partial charge in [-0.3, -0.25) is 0 Å². The molecule has 0 aliphatic rings. The number of benzene rings is 1. The molecule has 0 fully saturated rings. The van der Waals surface area contributed by atoms with Crippen LogP contribution in [0.5, 0.6) is 5.75 Å². The van der Waals surface area contributed by atoms with Crippen molar-refractivity contribution in [2.24, 2.45) is 0 Å². The van der Waals surface area contributed by atoms with Gasteiger partial charge in [-0.05, 0) is 43.2 Å². The van der Waals surface area contributed by atoms with Crippen LogP contribution in [0, 0.1) is 0 Å². The number of furan rings is 1. The predicted octanol–water partition coefficient (Wildman–Crippen LogP) is 3.11. The summed E-state index contributed by atoms with van der Waals surface area (Å²) in [5.74, 6) is 1.74. The highest BCUT2D eigenvalue weighted by atomic mass is 16.5. The van der Waals surface area contributed by atoms with E-state index in [1.54, 1.807) is 13.4 Å². The number of carbonyl (C=O) groups excluding carboxylic acids is 1. The molecule has 5 heteroatoms. The zero-order chi connectivity index (χ0) is 15.8. The van der Waals surface area contributed by atoms with E-state index in [-0.39, 0.29) is 12.1 Å². The molecule has 2 amide bonds. The summed E-state index contributed by atoms with van der Waals surface area (Å²) in [6, 6.07) is 11.3. The van der Waals surface area contributed by atoms with Gasteiger partial charge in [0.2, 0.25) is 0 Å². The molecule has 2 rings (SSSR count). The van der Waals surface area contributed by atoms with Gasteiger partial charge < -0.3 is 19.8 Å². The van der Waals surface area contributed by atoms with Crippen LogP contribution < -0.4 is 15.4 Å². The normalized spacial score (nSPS) is 11.7. The number of nitrogens with one attached hydrogen (secondary N) is 2. The standard InChI is InChI=1S/C17H22N2O3/c1-13(5-8-16-4-3-11-22-16)19-17(20)18-12-14-6-9-15(21-2)10-7-14/h3-4,6-7,9-11,13H,5,8,12H2,1-2H3,(H2,18,19,20)/t13-/m1/s1. The zero-order valence-electron chi connectivity index (χ0n) is 13.0. The van der Waals surface area contributed by atoms with Crippen LogP contribution in [-0.4, -0.2) is 19.2 Å². The summed E-state index contributed by atoms with van der Waals surface area (Å²) < 4.78 is 10.4. The summed E-state index contributed by atoms with van der Waals surface area (Å²) in [7, 11) is 1.63. The monoisotopic (exact) mass is 302 g/mol. The smallest absolute Gasteiger partial charge is 0.315 e. The first kappa shape index (κ1) is 15.9. The van der Waals surface area contributed by atoms with Gasteiger partial charge in [-0.2, -0.15) is 0 Å². The van der Waals surface area contributed by atoms with Crippen molar-refractivity contribution in [1.82, 2.24) is 10.6 Å². The summed E-state index contributed by atoms with van der Waals surface area (Å²) in [5.41, 5.74) is 1.03. The maximum atomic E-state index is 11.8.